The molecule has 1 nitrogen and oxygen atoms in total. The van der Waals surface area contributed by atoms with E-state index in [-0.39, 0.29) is 5.41 Å². The summed E-state index contributed by atoms with van der Waals surface area (Å²) in [6.45, 7) is 9.19. The molecular weight excluding hydrogens is 214 g/mol. The van der Waals surface area contributed by atoms with E-state index in [9.17, 15) is 0 Å². The molecule has 0 saturated heterocycles. The van der Waals surface area contributed by atoms with Gasteiger partial charge in [0.2, 0.25) is 0 Å². The van der Waals surface area contributed by atoms with Gasteiger partial charge in [0.25, 0.3) is 0 Å². The van der Waals surface area contributed by atoms with Gasteiger partial charge in [0, 0.05) is 17.0 Å². The molecule has 1 aliphatic carbocycles. The summed E-state index contributed by atoms with van der Waals surface area (Å²) in [6.07, 6.45) is 7.55. The summed E-state index contributed by atoms with van der Waals surface area (Å²) in [7, 11) is 0. The molecule has 0 radical (unpaired) electrons. The number of hydrogen-bond acceptors (Lipinski definition) is 2. The highest BCUT2D eigenvalue weighted by molar-refractivity contribution is 7.11. The predicted octanol–water partition coefficient (Wildman–Crippen LogP) is 4.73. The molecule has 2 rings (SSSR count). The van der Waals surface area contributed by atoms with Gasteiger partial charge in [-0.2, -0.15) is 0 Å². The van der Waals surface area contributed by atoms with Crippen molar-refractivity contribution >= 4 is 11.3 Å². The molecule has 0 spiro atoms. The maximum absolute atomic E-state index is 4.65. The second-order valence-electron chi connectivity index (χ2n) is 6.27. The Balaban J connectivity index is 2.08. The quantitative estimate of drug-likeness (QED) is 0.688. The van der Waals surface area contributed by atoms with Crippen LogP contribution in [0, 0.1) is 5.92 Å². The first-order valence-corrected chi connectivity index (χ1v) is 7.24. The summed E-state index contributed by atoms with van der Waals surface area (Å²) in [5, 5.41) is 1.39. The minimum atomic E-state index is 0.262. The maximum Gasteiger partial charge on any atom is 0.0958 e. The zero-order valence-electron chi connectivity index (χ0n) is 10.9. The van der Waals surface area contributed by atoms with E-state index in [1.807, 2.05) is 11.3 Å². The second-order valence-corrected chi connectivity index (χ2v) is 7.33. The van der Waals surface area contributed by atoms with Crippen LogP contribution in [0.15, 0.2) is 6.20 Å². The van der Waals surface area contributed by atoms with E-state index in [2.05, 4.69) is 38.9 Å². The molecule has 0 aromatic carbocycles. The molecule has 1 fully saturated rings. The second kappa shape index (κ2) is 4.48. The van der Waals surface area contributed by atoms with Crippen molar-refractivity contribution in [2.24, 2.45) is 5.92 Å². The summed E-state index contributed by atoms with van der Waals surface area (Å²) >= 11 is 1.94. The van der Waals surface area contributed by atoms with Crippen LogP contribution in [-0.2, 0) is 5.41 Å². The Bertz CT molecular complexity index is 340. The normalized spacial score (nSPS) is 27.0. The fourth-order valence-corrected chi connectivity index (χ4v) is 3.47. The lowest BCUT2D eigenvalue weighted by atomic mass is 9.83. The van der Waals surface area contributed by atoms with E-state index >= 15 is 0 Å². The third kappa shape index (κ3) is 2.65. The van der Waals surface area contributed by atoms with Crippen molar-refractivity contribution in [3.8, 4) is 0 Å². The first-order valence-electron chi connectivity index (χ1n) is 6.43. The van der Waals surface area contributed by atoms with Gasteiger partial charge in [-0.3, -0.25) is 0 Å². The SMILES string of the molecule is CC(C)(C)c1cnc([C@H]2CC[C@H](C)CC2)s1. The van der Waals surface area contributed by atoms with Crippen LogP contribution < -0.4 is 0 Å². The third-order valence-electron chi connectivity index (χ3n) is 3.63. The molecule has 0 unspecified atom stereocenters. The Labute approximate surface area is 103 Å². The Morgan fingerprint density at radius 3 is 2.31 bits per heavy atom. The van der Waals surface area contributed by atoms with Gasteiger partial charge in [0.05, 0.1) is 5.01 Å². The Hall–Kier alpha value is -0.370. The highest BCUT2D eigenvalue weighted by Crippen LogP contribution is 2.39. The molecule has 0 atom stereocenters. The molecule has 90 valence electrons. The lowest BCUT2D eigenvalue weighted by molar-refractivity contribution is 0.347. The number of rotatable bonds is 1. The molecule has 2 heteroatoms. The van der Waals surface area contributed by atoms with Gasteiger partial charge < -0.3 is 0 Å². The molecule has 1 aliphatic rings. The molecule has 1 heterocycles. The van der Waals surface area contributed by atoms with E-state index in [1.165, 1.54) is 35.6 Å². The lowest BCUT2D eigenvalue weighted by Crippen LogP contribution is -2.10. The van der Waals surface area contributed by atoms with Crippen molar-refractivity contribution in [1.82, 2.24) is 4.98 Å². The maximum atomic E-state index is 4.65. The van der Waals surface area contributed by atoms with Crippen LogP contribution in [0.25, 0.3) is 0 Å². The van der Waals surface area contributed by atoms with E-state index in [0.717, 1.165) is 11.8 Å². The van der Waals surface area contributed by atoms with Gasteiger partial charge in [-0.05, 0) is 24.2 Å². The Morgan fingerprint density at radius 1 is 1.19 bits per heavy atom. The fraction of sp³-hybridized carbons (Fsp3) is 0.786. The van der Waals surface area contributed by atoms with Gasteiger partial charge >= 0.3 is 0 Å². The van der Waals surface area contributed by atoms with Crippen molar-refractivity contribution in [2.45, 2.75) is 64.7 Å². The lowest BCUT2D eigenvalue weighted by Gasteiger charge is -2.24. The molecule has 1 aromatic rings. The summed E-state index contributed by atoms with van der Waals surface area (Å²) < 4.78 is 0. The van der Waals surface area contributed by atoms with Crippen molar-refractivity contribution in [3.63, 3.8) is 0 Å². The van der Waals surface area contributed by atoms with Crippen LogP contribution in [0.2, 0.25) is 0 Å². The monoisotopic (exact) mass is 237 g/mol. The number of nitrogens with zero attached hydrogens (tertiary/aromatic N) is 1. The molecule has 0 aliphatic heterocycles. The number of aromatic nitrogens is 1. The van der Waals surface area contributed by atoms with E-state index in [4.69, 9.17) is 0 Å². The van der Waals surface area contributed by atoms with Crippen LogP contribution in [0.4, 0.5) is 0 Å². The van der Waals surface area contributed by atoms with E-state index in [0.29, 0.717) is 0 Å². The molecule has 0 amide bonds. The summed E-state index contributed by atoms with van der Waals surface area (Å²) in [4.78, 5) is 6.08. The smallest absolute Gasteiger partial charge is 0.0958 e. The van der Waals surface area contributed by atoms with Crippen LogP contribution >= 0.6 is 11.3 Å². The van der Waals surface area contributed by atoms with Crippen molar-refractivity contribution in [1.29, 1.82) is 0 Å². The molecular formula is C14H23NS. The topological polar surface area (TPSA) is 12.9 Å². The first-order chi connectivity index (χ1) is 7.47. The van der Waals surface area contributed by atoms with Gasteiger partial charge in [-0.15, -0.1) is 11.3 Å². The largest absolute Gasteiger partial charge is 0.249 e. The van der Waals surface area contributed by atoms with Gasteiger partial charge in [0.15, 0.2) is 0 Å². The third-order valence-corrected chi connectivity index (χ3v) is 5.21. The molecule has 1 saturated carbocycles. The molecule has 0 N–H and O–H groups in total. The average Bonchev–Trinajstić information content (AvgIpc) is 2.67. The molecule has 0 bridgehead atoms. The van der Waals surface area contributed by atoms with Crippen LogP contribution in [0.1, 0.15) is 69.2 Å². The average molecular weight is 237 g/mol. The fourth-order valence-electron chi connectivity index (χ4n) is 2.33. The zero-order chi connectivity index (χ0) is 11.8. The van der Waals surface area contributed by atoms with Gasteiger partial charge in [0.1, 0.15) is 0 Å². The van der Waals surface area contributed by atoms with E-state index < -0.39 is 0 Å². The van der Waals surface area contributed by atoms with Crippen molar-refractivity contribution < 1.29 is 0 Å². The predicted molar refractivity (Wildman–Crippen MR) is 71.2 cm³/mol. The summed E-state index contributed by atoms with van der Waals surface area (Å²) in [5.41, 5.74) is 0.262. The summed E-state index contributed by atoms with van der Waals surface area (Å²) in [5.74, 6) is 1.68. The Morgan fingerprint density at radius 2 is 1.81 bits per heavy atom. The zero-order valence-corrected chi connectivity index (χ0v) is 11.7. The van der Waals surface area contributed by atoms with Crippen LogP contribution in [-0.4, -0.2) is 4.98 Å². The minimum absolute atomic E-state index is 0.262. The van der Waals surface area contributed by atoms with Gasteiger partial charge in [-0.25, -0.2) is 4.98 Å². The van der Waals surface area contributed by atoms with Crippen molar-refractivity contribution in [3.05, 3.63) is 16.1 Å². The van der Waals surface area contributed by atoms with Crippen molar-refractivity contribution in [2.75, 3.05) is 0 Å². The highest BCUT2D eigenvalue weighted by atomic mass is 32.1. The number of thiazole rings is 1. The minimum Gasteiger partial charge on any atom is -0.249 e. The molecule has 16 heavy (non-hydrogen) atoms. The van der Waals surface area contributed by atoms with Crippen LogP contribution in [0.5, 0.6) is 0 Å². The molecule has 1 aromatic heterocycles. The Kier molecular flexibility index (Phi) is 3.39. The summed E-state index contributed by atoms with van der Waals surface area (Å²) in [6, 6.07) is 0. The van der Waals surface area contributed by atoms with Crippen LogP contribution in [0.3, 0.4) is 0 Å². The number of hydrogen-bond donors (Lipinski definition) is 0. The highest BCUT2D eigenvalue weighted by Gasteiger charge is 2.24. The standard InChI is InChI=1S/C14H23NS/c1-10-5-7-11(8-6-10)13-15-9-12(16-13)14(2,3)4/h9-11H,5-8H2,1-4H3/t10-,11-. The van der Waals surface area contributed by atoms with E-state index in [1.54, 1.807) is 0 Å². The van der Waals surface area contributed by atoms with Gasteiger partial charge in [-0.1, -0.05) is 40.5 Å². The first kappa shape index (κ1) is 12.1.